The van der Waals surface area contributed by atoms with Crippen molar-refractivity contribution in [3.05, 3.63) is 26.6 Å². The molecule has 0 aromatic heterocycles. The molecule has 1 aromatic carbocycles. The van der Waals surface area contributed by atoms with Crippen molar-refractivity contribution < 1.29 is 22.7 Å². The average Bonchev–Trinajstić information content (AvgIpc) is 2.10. The molecular weight excluding hydrogens is 357 g/mol. The van der Waals surface area contributed by atoms with E-state index in [2.05, 4.69) is 36.6 Å². The number of ether oxygens (including phenoxy) is 1. The molecule has 0 aliphatic rings. The number of hydrogen-bond acceptors (Lipinski definition) is 2. The molecule has 1 rings (SSSR count). The van der Waals surface area contributed by atoms with Gasteiger partial charge < -0.3 is 4.74 Å². The van der Waals surface area contributed by atoms with Crippen LogP contribution in [0.2, 0.25) is 0 Å². The van der Waals surface area contributed by atoms with Gasteiger partial charge in [0.15, 0.2) is 5.78 Å². The van der Waals surface area contributed by atoms with Crippen LogP contribution in [0.25, 0.3) is 0 Å². The largest absolute Gasteiger partial charge is 0.573 e. The second kappa shape index (κ2) is 4.75. The highest BCUT2D eigenvalue weighted by Crippen LogP contribution is 2.37. The summed E-state index contributed by atoms with van der Waals surface area (Å²) in [5.74, 6) is -0.799. The van der Waals surface area contributed by atoms with Gasteiger partial charge in [0.25, 0.3) is 0 Å². The Morgan fingerprint density at radius 1 is 1.31 bits per heavy atom. The fourth-order valence-corrected chi connectivity index (χ4v) is 1.72. The fourth-order valence-electron chi connectivity index (χ4n) is 0.966. The average molecular weight is 362 g/mol. The van der Waals surface area contributed by atoms with Gasteiger partial charge >= 0.3 is 6.36 Å². The van der Waals surface area contributed by atoms with Gasteiger partial charge in [-0.1, -0.05) is 0 Å². The highest BCUT2D eigenvalue weighted by atomic mass is 79.9. The third-order valence-electron chi connectivity index (χ3n) is 1.63. The Balaban J connectivity index is 3.22. The van der Waals surface area contributed by atoms with E-state index in [4.69, 9.17) is 0 Å². The lowest BCUT2D eigenvalue weighted by Crippen LogP contribution is -2.17. The van der Waals surface area contributed by atoms with Crippen LogP contribution in [0.15, 0.2) is 21.1 Å². The fraction of sp³-hybridized carbons (Fsp3) is 0.222. The summed E-state index contributed by atoms with van der Waals surface area (Å²) in [7, 11) is 0. The maximum Gasteiger partial charge on any atom is 0.573 e. The van der Waals surface area contributed by atoms with Crippen molar-refractivity contribution in [2.45, 2.75) is 13.3 Å². The zero-order valence-electron chi connectivity index (χ0n) is 7.86. The summed E-state index contributed by atoms with van der Waals surface area (Å²) < 4.78 is 40.3. The third-order valence-corrected chi connectivity index (χ3v) is 3.60. The predicted molar refractivity (Wildman–Crippen MR) is 58.5 cm³/mol. The zero-order chi connectivity index (χ0) is 12.5. The molecular formula is C9H5Br2F3O2. The summed E-state index contributed by atoms with van der Waals surface area (Å²) in [6.45, 7) is 1.26. The molecule has 2 nitrogen and oxygen atoms in total. The zero-order valence-corrected chi connectivity index (χ0v) is 11.0. The molecule has 0 aliphatic carbocycles. The highest BCUT2D eigenvalue weighted by Gasteiger charge is 2.32. The van der Waals surface area contributed by atoms with Gasteiger partial charge in [-0.05, 0) is 50.9 Å². The summed E-state index contributed by atoms with van der Waals surface area (Å²) in [6, 6.07) is 2.44. The molecule has 7 heteroatoms. The van der Waals surface area contributed by atoms with E-state index >= 15 is 0 Å². The number of carbonyl (C=O) groups is 1. The van der Waals surface area contributed by atoms with E-state index < -0.39 is 12.1 Å². The summed E-state index contributed by atoms with van der Waals surface area (Å²) in [5, 5.41) is 0. The standard InChI is InChI=1S/C9H5Br2F3O2/c1-4(15)5-2-6(10)8(11)7(3-5)16-9(12,13)14/h2-3H,1H3. The van der Waals surface area contributed by atoms with Gasteiger partial charge in [0.2, 0.25) is 0 Å². The molecule has 1 aromatic rings. The van der Waals surface area contributed by atoms with Gasteiger partial charge in [0.05, 0.1) is 4.47 Å². The molecule has 0 N–H and O–H groups in total. The minimum absolute atomic E-state index is 0.106. The van der Waals surface area contributed by atoms with Crippen LogP contribution in [0.1, 0.15) is 17.3 Å². The number of hydrogen-bond donors (Lipinski definition) is 0. The minimum Gasteiger partial charge on any atom is -0.405 e. The minimum atomic E-state index is -4.79. The molecule has 0 unspecified atom stereocenters. The lowest BCUT2D eigenvalue weighted by Gasteiger charge is -2.12. The number of rotatable bonds is 2. The molecule has 0 heterocycles. The van der Waals surface area contributed by atoms with Gasteiger partial charge in [-0.15, -0.1) is 13.2 Å². The Morgan fingerprint density at radius 2 is 1.88 bits per heavy atom. The second-order valence-corrected chi connectivity index (χ2v) is 4.52. The van der Waals surface area contributed by atoms with Crippen LogP contribution in [0.5, 0.6) is 5.75 Å². The molecule has 0 fully saturated rings. The van der Waals surface area contributed by atoms with Crippen LogP contribution in [0, 0.1) is 0 Å². The normalized spacial score (nSPS) is 11.4. The van der Waals surface area contributed by atoms with Crippen LogP contribution in [-0.2, 0) is 0 Å². The number of Topliss-reactive ketones (excluding diaryl/α,β-unsaturated/α-hetero) is 1. The van der Waals surface area contributed by atoms with E-state index in [-0.39, 0.29) is 15.8 Å². The van der Waals surface area contributed by atoms with E-state index in [1.165, 1.54) is 13.0 Å². The quantitative estimate of drug-likeness (QED) is 0.733. The molecule has 88 valence electrons. The number of halogens is 5. The molecule has 0 atom stereocenters. The van der Waals surface area contributed by atoms with E-state index in [1.54, 1.807) is 0 Å². The van der Waals surface area contributed by atoms with Gasteiger partial charge in [-0.2, -0.15) is 0 Å². The molecule has 0 amide bonds. The second-order valence-electron chi connectivity index (χ2n) is 2.87. The van der Waals surface area contributed by atoms with Crippen LogP contribution >= 0.6 is 31.9 Å². The Morgan fingerprint density at radius 3 is 2.31 bits per heavy atom. The highest BCUT2D eigenvalue weighted by molar-refractivity contribution is 9.13. The van der Waals surface area contributed by atoms with Gasteiger partial charge in [-0.3, -0.25) is 4.79 Å². The van der Waals surface area contributed by atoms with Crippen LogP contribution in [0.4, 0.5) is 13.2 Å². The van der Waals surface area contributed by atoms with Crippen LogP contribution < -0.4 is 4.74 Å². The monoisotopic (exact) mass is 360 g/mol. The lowest BCUT2D eigenvalue weighted by molar-refractivity contribution is -0.274. The molecule has 16 heavy (non-hydrogen) atoms. The summed E-state index contributed by atoms with van der Waals surface area (Å²) in [4.78, 5) is 11.1. The molecule has 0 saturated heterocycles. The SMILES string of the molecule is CC(=O)c1cc(Br)c(Br)c(OC(F)(F)F)c1. The first-order valence-corrected chi connectivity index (χ1v) is 5.55. The van der Waals surface area contributed by atoms with Crippen molar-refractivity contribution in [2.75, 3.05) is 0 Å². The van der Waals surface area contributed by atoms with Crippen molar-refractivity contribution in [2.24, 2.45) is 0 Å². The first-order valence-electron chi connectivity index (χ1n) is 3.96. The number of ketones is 1. The maximum absolute atomic E-state index is 12.0. The molecule has 0 bridgehead atoms. The van der Waals surface area contributed by atoms with Gasteiger partial charge in [0.1, 0.15) is 5.75 Å². The Hall–Kier alpha value is -0.560. The van der Waals surface area contributed by atoms with Crippen LogP contribution in [-0.4, -0.2) is 12.1 Å². The predicted octanol–water partition coefficient (Wildman–Crippen LogP) is 4.31. The molecule has 0 spiro atoms. The summed E-state index contributed by atoms with van der Waals surface area (Å²) >= 11 is 5.96. The number of carbonyl (C=O) groups excluding carboxylic acids is 1. The molecule has 0 radical (unpaired) electrons. The van der Waals surface area contributed by atoms with E-state index in [9.17, 15) is 18.0 Å². The van der Waals surface area contributed by atoms with Crippen molar-refractivity contribution in [1.82, 2.24) is 0 Å². The van der Waals surface area contributed by atoms with Crippen molar-refractivity contribution in [3.63, 3.8) is 0 Å². The first kappa shape index (κ1) is 13.5. The van der Waals surface area contributed by atoms with Gasteiger partial charge in [0, 0.05) is 10.0 Å². The van der Waals surface area contributed by atoms with E-state index in [1.807, 2.05) is 0 Å². The van der Waals surface area contributed by atoms with Gasteiger partial charge in [-0.25, -0.2) is 0 Å². The first-order chi connectivity index (χ1) is 7.20. The molecule has 0 aliphatic heterocycles. The van der Waals surface area contributed by atoms with Crippen molar-refractivity contribution in [1.29, 1.82) is 0 Å². The van der Waals surface area contributed by atoms with Crippen molar-refractivity contribution in [3.8, 4) is 5.75 Å². The van der Waals surface area contributed by atoms with E-state index in [0.717, 1.165) is 6.07 Å². The Bertz CT molecular complexity index is 429. The Labute approximate surface area is 106 Å². The third kappa shape index (κ3) is 3.48. The smallest absolute Gasteiger partial charge is 0.405 e. The summed E-state index contributed by atoms with van der Waals surface area (Å²) in [6.07, 6.45) is -4.79. The maximum atomic E-state index is 12.0. The Kier molecular flexibility index (Phi) is 4.01. The van der Waals surface area contributed by atoms with Crippen LogP contribution in [0.3, 0.4) is 0 Å². The number of benzene rings is 1. The lowest BCUT2D eigenvalue weighted by atomic mass is 10.1. The van der Waals surface area contributed by atoms with E-state index in [0.29, 0.717) is 4.47 Å². The summed E-state index contributed by atoms with van der Waals surface area (Å²) in [5.41, 5.74) is 0.134. The van der Waals surface area contributed by atoms with Crippen molar-refractivity contribution >= 4 is 37.6 Å². The molecule has 0 saturated carbocycles. The number of alkyl halides is 3. The topological polar surface area (TPSA) is 26.3 Å².